The second-order valence-corrected chi connectivity index (χ2v) is 13.6. The predicted molar refractivity (Wildman–Crippen MR) is 217 cm³/mol. The third kappa shape index (κ3) is 13.1. The summed E-state index contributed by atoms with van der Waals surface area (Å²) in [6, 6.07) is 26.1. The van der Waals surface area contributed by atoms with Crippen molar-refractivity contribution in [2.45, 2.75) is 56.3 Å². The number of nitrogens with zero attached hydrogens (tertiary/aromatic N) is 1. The molecule has 0 aromatic heterocycles. The zero-order chi connectivity index (χ0) is 40.4. The van der Waals surface area contributed by atoms with E-state index in [-0.39, 0.29) is 58.2 Å². The van der Waals surface area contributed by atoms with Crippen LogP contribution in [0.15, 0.2) is 108 Å². The zero-order valence-electron chi connectivity index (χ0n) is 31.7. The number of hydrogen-bond acceptors (Lipinski definition) is 8. The number of nitrogens with two attached hydrogens (primary N) is 2. The lowest BCUT2D eigenvalue weighted by Crippen LogP contribution is -2.59. The Morgan fingerprint density at radius 3 is 2.18 bits per heavy atom. The highest BCUT2D eigenvalue weighted by molar-refractivity contribution is 6.05. The van der Waals surface area contributed by atoms with Crippen LogP contribution < -0.4 is 38.1 Å². The van der Waals surface area contributed by atoms with Gasteiger partial charge in [0.2, 0.25) is 23.6 Å². The van der Waals surface area contributed by atoms with Gasteiger partial charge in [-0.2, -0.15) is 0 Å². The molecule has 4 aromatic carbocycles. The molecule has 0 saturated carbocycles. The van der Waals surface area contributed by atoms with Crippen LogP contribution in [0, 0.1) is 0 Å². The molecule has 5 amide bonds. The Hall–Kier alpha value is -6.32. The van der Waals surface area contributed by atoms with E-state index in [2.05, 4.69) is 31.6 Å². The molecule has 0 radical (unpaired) electrons. The molecule has 300 valence electrons. The molecule has 0 bridgehead atoms. The number of amides is 5. The molecule has 15 nitrogen and oxygen atoms in total. The highest BCUT2D eigenvalue weighted by Gasteiger charge is 2.32. The summed E-state index contributed by atoms with van der Waals surface area (Å²) in [5.74, 6) is -3.03. The number of carbonyl (C=O) groups is 5. The fourth-order valence-corrected chi connectivity index (χ4v) is 6.25. The minimum Gasteiger partial charge on any atom is -0.381 e. The summed E-state index contributed by atoms with van der Waals surface area (Å²) in [5.41, 5.74) is 12.7. The Balaban J connectivity index is 1.41. The van der Waals surface area contributed by atoms with Gasteiger partial charge >= 0.3 is 0 Å². The van der Waals surface area contributed by atoms with Gasteiger partial charge in [-0.15, -0.1) is 0 Å². The normalized spacial score (nSPS) is 20.1. The van der Waals surface area contributed by atoms with Crippen LogP contribution in [0.1, 0.15) is 41.6 Å². The summed E-state index contributed by atoms with van der Waals surface area (Å²) in [7, 11) is 0. The highest BCUT2D eigenvalue weighted by Crippen LogP contribution is 2.23. The maximum absolute atomic E-state index is 14.2. The average Bonchev–Trinajstić information content (AvgIpc) is 3.21. The van der Waals surface area contributed by atoms with Crippen LogP contribution in [0.5, 0.6) is 0 Å². The molecule has 1 aliphatic heterocycles. The van der Waals surface area contributed by atoms with Gasteiger partial charge in [-0.25, -0.2) is 0 Å². The quantitative estimate of drug-likeness (QED) is 0.0710. The van der Waals surface area contributed by atoms with Crippen molar-refractivity contribution in [3.05, 3.63) is 114 Å². The largest absolute Gasteiger partial charge is 0.381 e. The van der Waals surface area contributed by atoms with Gasteiger partial charge in [0.1, 0.15) is 24.2 Å². The minimum absolute atomic E-state index is 0.0699. The van der Waals surface area contributed by atoms with Crippen molar-refractivity contribution in [1.82, 2.24) is 21.3 Å². The van der Waals surface area contributed by atoms with E-state index in [0.717, 1.165) is 16.3 Å². The lowest BCUT2D eigenvalue weighted by atomic mass is 10.0. The molecular formula is C42H50N8O7. The topological polar surface area (TPSA) is 228 Å². The summed E-state index contributed by atoms with van der Waals surface area (Å²) in [5, 5.41) is 15.9. The number of benzene rings is 4. The van der Waals surface area contributed by atoms with Crippen molar-refractivity contribution < 1.29 is 33.4 Å². The zero-order valence-corrected chi connectivity index (χ0v) is 31.7. The number of nitrogens with one attached hydrogen (secondary N) is 5. The van der Waals surface area contributed by atoms with E-state index in [0.29, 0.717) is 24.1 Å². The molecule has 1 aliphatic rings. The maximum Gasteiger partial charge on any atom is 0.251 e. The number of carbonyl (C=O) groups excluding carboxylic acids is 5. The van der Waals surface area contributed by atoms with Crippen LogP contribution in [-0.4, -0.2) is 92.6 Å². The monoisotopic (exact) mass is 778 g/mol. The summed E-state index contributed by atoms with van der Waals surface area (Å²) < 4.78 is 11.7. The number of guanidine groups is 1. The first-order valence-electron chi connectivity index (χ1n) is 19.0. The van der Waals surface area contributed by atoms with Crippen molar-refractivity contribution in [2.75, 3.05) is 38.3 Å². The Bertz CT molecular complexity index is 1990. The van der Waals surface area contributed by atoms with E-state index in [9.17, 15) is 24.0 Å². The molecule has 4 unspecified atom stereocenters. The molecular weight excluding hydrogens is 729 g/mol. The second-order valence-electron chi connectivity index (χ2n) is 13.6. The Morgan fingerprint density at radius 2 is 1.40 bits per heavy atom. The Kier molecular flexibility index (Phi) is 15.9. The van der Waals surface area contributed by atoms with E-state index in [4.69, 9.17) is 20.9 Å². The SMILES string of the molecule is NC(N)=NCCCC1NC(=O)C(Cc2ccccc2)NC(=O)C(NC(=O)c2ccccc2)CCOCCCOCC(C(=O)Nc2cccc3ccccc23)NC1=O. The van der Waals surface area contributed by atoms with Crippen LogP contribution in [0.4, 0.5) is 5.69 Å². The van der Waals surface area contributed by atoms with Gasteiger partial charge in [0.25, 0.3) is 5.91 Å². The van der Waals surface area contributed by atoms with Crippen molar-refractivity contribution >= 4 is 52.0 Å². The maximum atomic E-state index is 14.2. The smallest absolute Gasteiger partial charge is 0.251 e. The van der Waals surface area contributed by atoms with Gasteiger partial charge < -0.3 is 47.5 Å². The van der Waals surface area contributed by atoms with E-state index in [1.807, 2.05) is 66.7 Å². The standard InChI is InChI=1S/C42H50N8O7/c43-42(44)45-22-10-20-33-38(52)50-36(41(55)46-32-19-9-17-29-14-7-8-18-31(29)32)27-57-24-11-23-56-25-21-34(47-37(51)30-15-5-2-6-16-30)39(53)49-35(40(54)48-33)26-28-12-3-1-4-13-28/h1-9,12-19,33-36H,10-11,20-27H2,(H,46,55)(H,47,51)(H,48,54)(H,49,53)(H,50,52)(H4,43,44,45). The molecule has 0 aliphatic carbocycles. The molecule has 9 N–H and O–H groups in total. The number of hydrogen-bond donors (Lipinski definition) is 7. The van der Waals surface area contributed by atoms with Gasteiger partial charge in [0, 0.05) is 49.4 Å². The minimum atomic E-state index is -1.17. The van der Waals surface area contributed by atoms with Gasteiger partial charge in [-0.05, 0) is 54.8 Å². The van der Waals surface area contributed by atoms with E-state index >= 15 is 0 Å². The fraction of sp³-hybridized carbons (Fsp3) is 0.333. The predicted octanol–water partition coefficient (Wildman–Crippen LogP) is 2.15. The van der Waals surface area contributed by atoms with Gasteiger partial charge in [-0.1, -0.05) is 84.9 Å². The lowest BCUT2D eigenvalue weighted by molar-refractivity contribution is -0.134. The van der Waals surface area contributed by atoms with Gasteiger partial charge in [0.05, 0.1) is 6.61 Å². The Labute approximate surface area is 331 Å². The molecule has 15 heteroatoms. The van der Waals surface area contributed by atoms with Crippen LogP contribution >= 0.6 is 0 Å². The van der Waals surface area contributed by atoms with Crippen LogP contribution in [0.3, 0.4) is 0 Å². The second kappa shape index (κ2) is 21.7. The summed E-state index contributed by atoms with van der Waals surface area (Å²) >= 11 is 0. The first-order chi connectivity index (χ1) is 27.7. The van der Waals surface area contributed by atoms with E-state index in [1.54, 1.807) is 36.4 Å². The first kappa shape index (κ1) is 41.8. The lowest BCUT2D eigenvalue weighted by Gasteiger charge is -2.27. The molecule has 4 atom stereocenters. The van der Waals surface area contributed by atoms with Crippen molar-refractivity contribution in [3.8, 4) is 0 Å². The third-order valence-electron chi connectivity index (χ3n) is 9.24. The average molecular weight is 779 g/mol. The fourth-order valence-electron chi connectivity index (χ4n) is 6.25. The van der Waals surface area contributed by atoms with Crippen LogP contribution in [0.25, 0.3) is 10.8 Å². The van der Waals surface area contributed by atoms with E-state index < -0.39 is 53.7 Å². The highest BCUT2D eigenvalue weighted by atomic mass is 16.5. The molecule has 5 rings (SSSR count). The molecule has 1 fully saturated rings. The number of ether oxygens (including phenoxy) is 2. The molecule has 1 saturated heterocycles. The number of aliphatic imine (C=N–C) groups is 1. The molecule has 4 aromatic rings. The summed E-state index contributed by atoms with van der Waals surface area (Å²) in [4.78, 5) is 73.3. The van der Waals surface area contributed by atoms with Crippen LogP contribution in [0.2, 0.25) is 0 Å². The van der Waals surface area contributed by atoms with E-state index in [1.165, 1.54) is 0 Å². The number of rotatable bonds is 10. The van der Waals surface area contributed by atoms with Crippen molar-refractivity contribution in [1.29, 1.82) is 0 Å². The summed E-state index contributed by atoms with van der Waals surface area (Å²) in [6.07, 6.45) is 1.01. The molecule has 57 heavy (non-hydrogen) atoms. The number of anilines is 1. The van der Waals surface area contributed by atoms with Gasteiger partial charge in [-0.3, -0.25) is 29.0 Å². The van der Waals surface area contributed by atoms with Gasteiger partial charge in [0.15, 0.2) is 5.96 Å². The van der Waals surface area contributed by atoms with Crippen molar-refractivity contribution in [2.24, 2.45) is 16.5 Å². The summed E-state index contributed by atoms with van der Waals surface area (Å²) in [6.45, 7) is 0.578. The first-order valence-corrected chi connectivity index (χ1v) is 19.0. The Morgan fingerprint density at radius 1 is 0.737 bits per heavy atom. The van der Waals surface area contributed by atoms with Crippen molar-refractivity contribution in [3.63, 3.8) is 0 Å². The van der Waals surface area contributed by atoms with Crippen LogP contribution in [-0.2, 0) is 35.1 Å². The molecule has 1 heterocycles. The third-order valence-corrected chi connectivity index (χ3v) is 9.24. The number of fused-ring (bicyclic) bond motifs is 1. The molecule has 0 spiro atoms.